The monoisotopic (exact) mass is 185 g/mol. The van der Waals surface area contributed by atoms with Gasteiger partial charge in [-0.25, -0.2) is 0 Å². The van der Waals surface area contributed by atoms with Gasteiger partial charge in [0, 0.05) is 10.2 Å². The van der Waals surface area contributed by atoms with Crippen molar-refractivity contribution in [3.05, 3.63) is 33.7 Å². The van der Waals surface area contributed by atoms with Crippen molar-refractivity contribution in [3.63, 3.8) is 0 Å². The zero-order valence-corrected chi connectivity index (χ0v) is 6.58. The third-order valence-corrected chi connectivity index (χ3v) is 1.51. The van der Waals surface area contributed by atoms with E-state index in [2.05, 4.69) is 5.18 Å². The molecule has 1 rings (SSSR count). The Morgan fingerprint density at radius 1 is 1.50 bits per heavy atom. The first-order valence-corrected chi connectivity index (χ1v) is 3.39. The van der Waals surface area contributed by atoms with Gasteiger partial charge in [-0.2, -0.15) is 0 Å². The Balaban J connectivity index is 3.22. The molecule has 0 fully saturated rings. The number of rotatable bonds is 1. The van der Waals surface area contributed by atoms with Gasteiger partial charge in [-0.3, -0.25) is 4.79 Å². The summed E-state index contributed by atoms with van der Waals surface area (Å²) in [7, 11) is 0. The first-order chi connectivity index (χ1) is 5.65. The van der Waals surface area contributed by atoms with Crippen LogP contribution in [-0.2, 0) is 0 Å². The maximum Gasteiger partial charge on any atom is 0.320 e. The summed E-state index contributed by atoms with van der Waals surface area (Å²) in [6.45, 7) is 0. The zero-order valence-electron chi connectivity index (χ0n) is 5.82. The van der Waals surface area contributed by atoms with Gasteiger partial charge in [-0.05, 0) is 18.2 Å². The summed E-state index contributed by atoms with van der Waals surface area (Å²) in [5, 5.41) is 11.5. The standard InChI is InChI=1S/C7H4ClNO3/c8-4-1-2-6(10)5(3-4)7(11)9-12/h1-3,10H. The van der Waals surface area contributed by atoms with Gasteiger partial charge in [-0.15, -0.1) is 4.91 Å². The first kappa shape index (κ1) is 8.67. The molecule has 0 aliphatic carbocycles. The summed E-state index contributed by atoms with van der Waals surface area (Å²) in [6, 6.07) is 3.81. The molecule has 0 unspecified atom stereocenters. The summed E-state index contributed by atoms with van der Waals surface area (Å²) in [5.41, 5.74) is -0.183. The van der Waals surface area contributed by atoms with Gasteiger partial charge in [-0.1, -0.05) is 11.6 Å². The van der Waals surface area contributed by atoms with Crippen LogP contribution in [0.4, 0.5) is 0 Å². The number of halogens is 1. The Bertz CT molecular complexity index is 337. The lowest BCUT2D eigenvalue weighted by molar-refractivity contribution is 0.0998. The number of phenols is 1. The van der Waals surface area contributed by atoms with Gasteiger partial charge in [0.1, 0.15) is 5.75 Å². The molecular weight excluding hydrogens is 182 g/mol. The molecule has 12 heavy (non-hydrogen) atoms. The van der Waals surface area contributed by atoms with Crippen molar-refractivity contribution in [2.45, 2.75) is 0 Å². The molecule has 0 atom stereocenters. The van der Waals surface area contributed by atoms with Gasteiger partial charge in [0.15, 0.2) is 0 Å². The highest BCUT2D eigenvalue weighted by Crippen LogP contribution is 2.21. The molecule has 0 saturated heterocycles. The Hall–Kier alpha value is -1.42. The van der Waals surface area contributed by atoms with E-state index in [1.165, 1.54) is 18.2 Å². The third kappa shape index (κ3) is 1.60. The van der Waals surface area contributed by atoms with Crippen LogP contribution in [0.2, 0.25) is 5.02 Å². The van der Waals surface area contributed by atoms with Crippen LogP contribution in [0.3, 0.4) is 0 Å². The van der Waals surface area contributed by atoms with E-state index in [1.807, 2.05) is 0 Å². The van der Waals surface area contributed by atoms with Crippen LogP contribution in [0, 0.1) is 4.91 Å². The highest BCUT2D eigenvalue weighted by atomic mass is 35.5. The second-order valence-corrected chi connectivity index (χ2v) is 2.49. The second-order valence-electron chi connectivity index (χ2n) is 2.06. The van der Waals surface area contributed by atoms with E-state index >= 15 is 0 Å². The van der Waals surface area contributed by atoms with E-state index in [4.69, 9.17) is 16.7 Å². The minimum Gasteiger partial charge on any atom is -0.507 e. The lowest BCUT2D eigenvalue weighted by atomic mass is 10.2. The van der Waals surface area contributed by atoms with Crippen molar-refractivity contribution < 1.29 is 9.90 Å². The van der Waals surface area contributed by atoms with Crippen molar-refractivity contribution >= 4 is 17.5 Å². The average molecular weight is 186 g/mol. The van der Waals surface area contributed by atoms with Crippen molar-refractivity contribution in [1.29, 1.82) is 0 Å². The molecule has 1 aromatic carbocycles. The predicted molar refractivity (Wildman–Crippen MR) is 43.2 cm³/mol. The maximum atomic E-state index is 10.7. The molecule has 62 valence electrons. The summed E-state index contributed by atoms with van der Waals surface area (Å²) in [5.74, 6) is -1.33. The van der Waals surface area contributed by atoms with E-state index in [-0.39, 0.29) is 16.3 Å². The van der Waals surface area contributed by atoms with Gasteiger partial charge in [0.2, 0.25) is 0 Å². The Morgan fingerprint density at radius 3 is 2.75 bits per heavy atom. The molecule has 0 heterocycles. The highest BCUT2D eigenvalue weighted by molar-refractivity contribution is 6.31. The lowest BCUT2D eigenvalue weighted by Crippen LogP contribution is -1.93. The van der Waals surface area contributed by atoms with Crippen LogP contribution in [0.15, 0.2) is 23.4 Å². The molecule has 0 aliphatic heterocycles. The number of carbonyl (C=O) groups is 1. The fourth-order valence-corrected chi connectivity index (χ4v) is 0.901. The number of amides is 1. The fraction of sp³-hybridized carbons (Fsp3) is 0. The number of hydrogen-bond donors (Lipinski definition) is 1. The predicted octanol–water partition coefficient (Wildman–Crippen LogP) is 1.95. The molecule has 1 N–H and O–H groups in total. The fourth-order valence-electron chi connectivity index (χ4n) is 0.729. The van der Waals surface area contributed by atoms with Gasteiger partial charge in [0.05, 0.1) is 5.56 Å². The summed E-state index contributed by atoms with van der Waals surface area (Å²) in [6.07, 6.45) is 0. The van der Waals surface area contributed by atoms with Crippen molar-refractivity contribution in [2.24, 2.45) is 5.18 Å². The summed E-state index contributed by atoms with van der Waals surface area (Å²) >= 11 is 5.51. The van der Waals surface area contributed by atoms with Crippen LogP contribution in [0.5, 0.6) is 5.75 Å². The Labute approximate surface area is 72.8 Å². The molecule has 0 saturated carbocycles. The molecule has 4 nitrogen and oxygen atoms in total. The molecule has 5 heteroatoms. The zero-order chi connectivity index (χ0) is 9.14. The number of carbonyl (C=O) groups excluding carboxylic acids is 1. The van der Waals surface area contributed by atoms with Crippen LogP contribution in [-0.4, -0.2) is 11.0 Å². The van der Waals surface area contributed by atoms with Crippen LogP contribution in [0.1, 0.15) is 10.4 Å². The number of aromatic hydroxyl groups is 1. The van der Waals surface area contributed by atoms with Crippen LogP contribution < -0.4 is 0 Å². The molecule has 0 aromatic heterocycles. The first-order valence-electron chi connectivity index (χ1n) is 3.01. The number of benzene rings is 1. The van der Waals surface area contributed by atoms with E-state index < -0.39 is 5.91 Å². The Kier molecular flexibility index (Phi) is 2.40. The van der Waals surface area contributed by atoms with E-state index in [0.717, 1.165) is 0 Å². The minimum absolute atomic E-state index is 0.183. The molecule has 1 amide bonds. The van der Waals surface area contributed by atoms with Crippen LogP contribution in [0.25, 0.3) is 0 Å². The van der Waals surface area contributed by atoms with Gasteiger partial charge >= 0.3 is 5.91 Å². The van der Waals surface area contributed by atoms with E-state index in [9.17, 15) is 9.70 Å². The molecular formula is C7H4ClNO3. The van der Waals surface area contributed by atoms with Gasteiger partial charge < -0.3 is 5.11 Å². The Morgan fingerprint density at radius 2 is 2.17 bits per heavy atom. The molecule has 0 radical (unpaired) electrons. The SMILES string of the molecule is O=NC(=O)c1cc(Cl)ccc1O. The molecule has 0 bridgehead atoms. The number of hydrogen-bond acceptors (Lipinski definition) is 3. The molecule has 1 aromatic rings. The quantitative estimate of drug-likeness (QED) is 0.680. The normalized spacial score (nSPS) is 9.42. The van der Waals surface area contributed by atoms with Gasteiger partial charge in [0.25, 0.3) is 0 Å². The van der Waals surface area contributed by atoms with Crippen molar-refractivity contribution in [2.75, 3.05) is 0 Å². The number of phenolic OH excluding ortho intramolecular Hbond substituents is 1. The lowest BCUT2D eigenvalue weighted by Gasteiger charge is -1.97. The maximum absolute atomic E-state index is 10.7. The minimum atomic E-state index is -1.03. The second kappa shape index (κ2) is 3.32. The van der Waals surface area contributed by atoms with Crippen molar-refractivity contribution in [3.8, 4) is 5.75 Å². The summed E-state index contributed by atoms with van der Waals surface area (Å²) < 4.78 is 0. The topological polar surface area (TPSA) is 66.7 Å². The smallest absolute Gasteiger partial charge is 0.320 e. The van der Waals surface area contributed by atoms with E-state index in [1.54, 1.807) is 0 Å². The summed E-state index contributed by atoms with van der Waals surface area (Å²) in [4.78, 5) is 20.5. The molecule has 0 aliphatic rings. The number of nitroso groups, excluding NO2 is 1. The van der Waals surface area contributed by atoms with Crippen LogP contribution >= 0.6 is 11.6 Å². The highest BCUT2D eigenvalue weighted by Gasteiger charge is 2.11. The largest absolute Gasteiger partial charge is 0.507 e. The van der Waals surface area contributed by atoms with Crippen molar-refractivity contribution in [1.82, 2.24) is 0 Å². The van der Waals surface area contributed by atoms with E-state index in [0.29, 0.717) is 0 Å². The third-order valence-electron chi connectivity index (χ3n) is 1.27. The molecule has 0 spiro atoms. The average Bonchev–Trinajstić information content (AvgIpc) is 2.08. The number of nitrogens with zero attached hydrogens (tertiary/aromatic N) is 1.